The van der Waals surface area contributed by atoms with Crippen molar-refractivity contribution in [2.75, 3.05) is 5.75 Å². The van der Waals surface area contributed by atoms with Crippen molar-refractivity contribution in [2.24, 2.45) is 0 Å². The molecule has 0 aliphatic heterocycles. The van der Waals surface area contributed by atoms with E-state index in [1.54, 1.807) is 12.1 Å². The second-order valence-corrected chi connectivity index (χ2v) is 4.19. The van der Waals surface area contributed by atoms with Crippen LogP contribution in [0.25, 0.3) is 0 Å². The van der Waals surface area contributed by atoms with Gasteiger partial charge in [-0.15, -0.1) is 0 Å². The van der Waals surface area contributed by atoms with Crippen molar-refractivity contribution in [1.82, 2.24) is 0 Å². The van der Waals surface area contributed by atoms with E-state index in [1.807, 2.05) is 0 Å². The van der Waals surface area contributed by atoms with Gasteiger partial charge in [0.2, 0.25) is 0 Å². The highest BCUT2D eigenvalue weighted by atomic mass is 35.5. The van der Waals surface area contributed by atoms with Gasteiger partial charge in [-0.25, -0.2) is 0 Å². The van der Waals surface area contributed by atoms with E-state index in [2.05, 4.69) is 24.5 Å². The van der Waals surface area contributed by atoms with Gasteiger partial charge in [0.15, 0.2) is 0 Å². The molecule has 1 rings (SSSR count). The zero-order chi connectivity index (χ0) is 10.6. The molecule has 0 nitrogen and oxygen atoms in total. The van der Waals surface area contributed by atoms with Crippen LogP contribution >= 0.6 is 47.4 Å². The molecule has 0 heterocycles. The van der Waals surface area contributed by atoms with Gasteiger partial charge in [0.25, 0.3) is 0 Å². The molecule has 0 aromatic heterocycles. The first-order chi connectivity index (χ1) is 6.65. The van der Waals surface area contributed by atoms with Gasteiger partial charge >= 0.3 is 0 Å². The predicted octanol–water partition coefficient (Wildman–Crippen LogP) is 4.32. The summed E-state index contributed by atoms with van der Waals surface area (Å²) in [6.07, 6.45) is 0.712. The maximum atomic E-state index is 5.93. The van der Waals surface area contributed by atoms with Crippen LogP contribution in [0.2, 0.25) is 15.1 Å². The van der Waals surface area contributed by atoms with E-state index in [4.69, 9.17) is 34.8 Å². The summed E-state index contributed by atoms with van der Waals surface area (Å²) in [5, 5.41) is 1.41. The van der Waals surface area contributed by atoms with Gasteiger partial charge in [-0.3, -0.25) is 0 Å². The Balaban J connectivity index is 3.04. The van der Waals surface area contributed by atoms with Gasteiger partial charge < -0.3 is 0 Å². The van der Waals surface area contributed by atoms with E-state index in [-0.39, 0.29) is 0 Å². The molecule has 0 fully saturated rings. The van der Waals surface area contributed by atoms with Gasteiger partial charge in [0, 0.05) is 22.8 Å². The maximum absolute atomic E-state index is 5.93. The van der Waals surface area contributed by atoms with Crippen molar-refractivity contribution in [2.45, 2.75) is 6.42 Å². The maximum Gasteiger partial charge on any atom is 0.0749 e. The van der Waals surface area contributed by atoms with Crippen LogP contribution in [0.3, 0.4) is 0 Å². The van der Waals surface area contributed by atoms with Gasteiger partial charge in [-0.1, -0.05) is 46.6 Å². The lowest BCUT2D eigenvalue weighted by Crippen LogP contribution is -1.80. The van der Waals surface area contributed by atoms with Crippen LogP contribution in [-0.2, 0) is 0 Å². The summed E-state index contributed by atoms with van der Waals surface area (Å²) in [6.45, 7) is 0. The van der Waals surface area contributed by atoms with Crippen LogP contribution in [0.1, 0.15) is 12.0 Å². The van der Waals surface area contributed by atoms with Crippen LogP contribution in [0, 0.1) is 11.8 Å². The van der Waals surface area contributed by atoms with Crippen molar-refractivity contribution in [3.8, 4) is 11.8 Å². The highest BCUT2D eigenvalue weighted by Crippen LogP contribution is 2.29. The molecule has 14 heavy (non-hydrogen) atoms. The summed E-state index contributed by atoms with van der Waals surface area (Å²) < 4.78 is 0. The minimum atomic E-state index is 0.425. The summed E-state index contributed by atoms with van der Waals surface area (Å²) in [6, 6.07) is 3.29. The van der Waals surface area contributed by atoms with Crippen molar-refractivity contribution in [3.63, 3.8) is 0 Å². The van der Waals surface area contributed by atoms with E-state index in [0.29, 0.717) is 27.1 Å². The van der Waals surface area contributed by atoms with Crippen LogP contribution in [0.4, 0.5) is 0 Å². The second-order valence-electron chi connectivity index (χ2n) is 2.52. The summed E-state index contributed by atoms with van der Waals surface area (Å²) in [7, 11) is 0. The zero-order valence-electron chi connectivity index (χ0n) is 7.15. The molecule has 0 radical (unpaired) electrons. The molecule has 1 aromatic rings. The first kappa shape index (κ1) is 12.1. The lowest BCUT2D eigenvalue weighted by Gasteiger charge is -1.99. The van der Waals surface area contributed by atoms with Gasteiger partial charge in [-0.2, -0.15) is 12.6 Å². The molecule has 0 saturated carbocycles. The van der Waals surface area contributed by atoms with Crippen LogP contribution < -0.4 is 0 Å². The molecule has 74 valence electrons. The third kappa shape index (κ3) is 3.29. The number of rotatable bonds is 1. The molecule has 1 aromatic carbocycles. The minimum absolute atomic E-state index is 0.425. The molecule has 4 heteroatoms. The smallest absolute Gasteiger partial charge is 0.0749 e. The third-order valence-corrected chi connectivity index (χ3v) is 2.70. The minimum Gasteiger partial charge on any atom is -0.178 e. The molecule has 0 N–H and O–H groups in total. The number of halogens is 3. The molecular weight excluding hydrogens is 259 g/mol. The fraction of sp³-hybridized carbons (Fsp3) is 0.200. The lowest BCUT2D eigenvalue weighted by molar-refractivity contribution is 1.31. The van der Waals surface area contributed by atoms with E-state index < -0.39 is 0 Å². The Morgan fingerprint density at radius 1 is 1.21 bits per heavy atom. The summed E-state index contributed by atoms with van der Waals surface area (Å²) in [5.74, 6) is 6.54. The first-order valence-electron chi connectivity index (χ1n) is 3.89. The van der Waals surface area contributed by atoms with Crippen molar-refractivity contribution in [1.29, 1.82) is 0 Å². The number of hydrogen-bond donors (Lipinski definition) is 1. The highest BCUT2D eigenvalue weighted by molar-refractivity contribution is 7.80. The normalized spacial score (nSPS) is 9.43. The van der Waals surface area contributed by atoms with Crippen LogP contribution in [-0.4, -0.2) is 5.75 Å². The SMILES string of the molecule is SCCC#Cc1cc(Cl)cc(Cl)c1Cl. The Morgan fingerprint density at radius 3 is 2.57 bits per heavy atom. The molecular formula is C10H7Cl3S. The van der Waals surface area contributed by atoms with Gasteiger partial charge in [-0.05, 0) is 12.1 Å². The Morgan fingerprint density at radius 2 is 1.93 bits per heavy atom. The molecule has 0 unspecified atom stereocenters. The standard InChI is InChI=1S/C10H7Cl3S/c11-8-5-7(3-1-2-4-14)10(13)9(12)6-8/h5-6,14H,2,4H2. The summed E-state index contributed by atoms with van der Waals surface area (Å²) in [5.41, 5.74) is 0.658. The molecule has 0 aliphatic carbocycles. The topological polar surface area (TPSA) is 0 Å². The fourth-order valence-electron chi connectivity index (χ4n) is 0.861. The largest absolute Gasteiger partial charge is 0.178 e. The lowest BCUT2D eigenvalue weighted by atomic mass is 10.2. The van der Waals surface area contributed by atoms with E-state index >= 15 is 0 Å². The fourth-order valence-corrected chi connectivity index (χ4v) is 1.62. The highest BCUT2D eigenvalue weighted by Gasteiger charge is 2.04. The monoisotopic (exact) mass is 264 g/mol. The first-order valence-corrected chi connectivity index (χ1v) is 5.66. The quantitative estimate of drug-likeness (QED) is 0.436. The summed E-state index contributed by atoms with van der Waals surface area (Å²) >= 11 is 21.6. The third-order valence-electron chi connectivity index (χ3n) is 1.45. The van der Waals surface area contributed by atoms with Crippen LogP contribution in [0.5, 0.6) is 0 Å². The van der Waals surface area contributed by atoms with E-state index in [9.17, 15) is 0 Å². The van der Waals surface area contributed by atoms with Crippen molar-refractivity contribution < 1.29 is 0 Å². The summed E-state index contributed by atoms with van der Waals surface area (Å²) in [4.78, 5) is 0. The Labute approximate surface area is 104 Å². The van der Waals surface area contributed by atoms with Crippen molar-refractivity contribution in [3.05, 3.63) is 32.8 Å². The van der Waals surface area contributed by atoms with Gasteiger partial charge in [0.1, 0.15) is 0 Å². The number of benzene rings is 1. The number of thiol groups is 1. The molecule has 0 bridgehead atoms. The predicted molar refractivity (Wildman–Crippen MR) is 66.8 cm³/mol. The molecule has 0 saturated heterocycles. The second kappa shape index (κ2) is 5.78. The zero-order valence-corrected chi connectivity index (χ0v) is 10.3. The average Bonchev–Trinajstić information content (AvgIpc) is 2.13. The molecule has 0 amide bonds. The van der Waals surface area contributed by atoms with E-state index in [0.717, 1.165) is 5.75 Å². The van der Waals surface area contributed by atoms with Gasteiger partial charge in [0.05, 0.1) is 10.0 Å². The average molecular weight is 266 g/mol. The van der Waals surface area contributed by atoms with Crippen LogP contribution in [0.15, 0.2) is 12.1 Å². The number of hydrogen-bond acceptors (Lipinski definition) is 1. The van der Waals surface area contributed by atoms with Crippen molar-refractivity contribution >= 4 is 47.4 Å². The molecule has 0 aliphatic rings. The molecule has 0 spiro atoms. The molecule has 0 atom stereocenters. The Bertz CT molecular complexity index is 390. The Hall–Kier alpha value is -0.000000000000000111. The Kier molecular flexibility index (Phi) is 4.98. The van der Waals surface area contributed by atoms with E-state index in [1.165, 1.54) is 0 Å².